The minimum atomic E-state index is -4.73. The third kappa shape index (κ3) is 6.24. The number of aromatic nitrogens is 5. The number of halogens is 4. The van der Waals surface area contributed by atoms with E-state index in [9.17, 15) is 22.8 Å². The highest BCUT2D eigenvalue weighted by atomic mass is 35.5. The number of anilines is 2. The summed E-state index contributed by atoms with van der Waals surface area (Å²) in [4.78, 5) is 38.4. The number of benzene rings is 1. The van der Waals surface area contributed by atoms with Crippen molar-refractivity contribution in [3.05, 3.63) is 76.1 Å². The molecule has 4 aromatic rings. The molecule has 0 saturated carbocycles. The van der Waals surface area contributed by atoms with Gasteiger partial charge in [0.25, 0.3) is 11.8 Å². The van der Waals surface area contributed by atoms with Crippen LogP contribution < -0.4 is 16.8 Å². The highest BCUT2D eigenvalue weighted by molar-refractivity contribution is 6.34. The topological polar surface area (TPSA) is 172 Å². The van der Waals surface area contributed by atoms with Crippen molar-refractivity contribution in [3.8, 4) is 11.4 Å². The number of nitrogens with one attached hydrogen (secondary N) is 3. The van der Waals surface area contributed by atoms with Gasteiger partial charge in [0, 0.05) is 42.7 Å². The lowest BCUT2D eigenvalue weighted by atomic mass is 9.96. The molecule has 1 aliphatic heterocycles. The first-order valence-electron chi connectivity index (χ1n) is 13.0. The van der Waals surface area contributed by atoms with Gasteiger partial charge in [0.15, 0.2) is 11.5 Å². The van der Waals surface area contributed by atoms with Crippen LogP contribution in [0.1, 0.15) is 50.8 Å². The first-order valence-corrected chi connectivity index (χ1v) is 13.4. The largest absolute Gasteiger partial charge is 0.435 e. The van der Waals surface area contributed by atoms with E-state index in [1.807, 2.05) is 0 Å². The van der Waals surface area contributed by atoms with Crippen LogP contribution in [-0.2, 0) is 12.6 Å². The van der Waals surface area contributed by atoms with Gasteiger partial charge in [0.1, 0.15) is 0 Å². The van der Waals surface area contributed by atoms with Crippen molar-refractivity contribution in [2.24, 2.45) is 11.7 Å². The van der Waals surface area contributed by atoms with Gasteiger partial charge in [0.2, 0.25) is 0 Å². The molecule has 0 unspecified atom stereocenters. The van der Waals surface area contributed by atoms with Crippen molar-refractivity contribution >= 4 is 34.8 Å². The first-order chi connectivity index (χ1) is 20.0. The Balaban J connectivity index is 1.29. The summed E-state index contributed by atoms with van der Waals surface area (Å²) in [5.74, 6) is -0.578. The number of nitrogens with zero attached hydrogens (tertiary/aromatic N) is 4. The fraction of sp³-hybridized carbons (Fsp3) is 0.296. The fourth-order valence-corrected chi connectivity index (χ4v) is 5.05. The lowest BCUT2D eigenvalue weighted by Gasteiger charge is -2.31. The number of hydrogen-bond donors (Lipinski definition) is 5. The second-order valence-corrected chi connectivity index (χ2v) is 10.4. The predicted octanol–water partition coefficient (Wildman–Crippen LogP) is 4.10. The SMILES string of the molecule is NCC1CCN(C(=O)c2ccc(NC(=O)c3ncc(Cc4c(C(F)(F)F)n[nH]c4-c4ccc(N)cn4)[nH]3)cc2Cl)CC1. The maximum absolute atomic E-state index is 13.7. The summed E-state index contributed by atoms with van der Waals surface area (Å²) in [6.45, 7) is 1.78. The normalized spacial score (nSPS) is 14.3. The van der Waals surface area contributed by atoms with Crippen LogP contribution in [0.2, 0.25) is 5.02 Å². The Morgan fingerprint density at radius 2 is 1.88 bits per heavy atom. The number of aromatic amines is 2. The minimum Gasteiger partial charge on any atom is -0.397 e. The van der Waals surface area contributed by atoms with Crippen LogP contribution in [0.3, 0.4) is 0 Å². The van der Waals surface area contributed by atoms with Gasteiger partial charge in [-0.1, -0.05) is 11.6 Å². The number of piperidine rings is 1. The molecule has 0 radical (unpaired) electrons. The molecule has 1 aromatic carbocycles. The number of imidazole rings is 1. The van der Waals surface area contributed by atoms with E-state index in [0.29, 0.717) is 42.5 Å². The highest BCUT2D eigenvalue weighted by Gasteiger charge is 2.38. The van der Waals surface area contributed by atoms with E-state index in [-0.39, 0.29) is 45.8 Å². The lowest BCUT2D eigenvalue weighted by Crippen LogP contribution is -2.40. The zero-order chi connectivity index (χ0) is 30.0. The Bertz CT molecular complexity index is 1590. The van der Waals surface area contributed by atoms with Crippen molar-refractivity contribution < 1.29 is 22.8 Å². The smallest absolute Gasteiger partial charge is 0.397 e. The molecular formula is C27H27ClF3N9O2. The minimum absolute atomic E-state index is 0.0657. The van der Waals surface area contributed by atoms with Crippen molar-refractivity contribution in [3.63, 3.8) is 0 Å². The Kier molecular flexibility index (Phi) is 8.18. The number of amides is 2. The summed E-state index contributed by atoms with van der Waals surface area (Å²) in [6, 6.07) is 7.52. The van der Waals surface area contributed by atoms with Gasteiger partial charge in [-0.15, -0.1) is 0 Å². The zero-order valence-corrected chi connectivity index (χ0v) is 22.9. The van der Waals surface area contributed by atoms with E-state index in [4.69, 9.17) is 23.1 Å². The fourth-order valence-electron chi connectivity index (χ4n) is 4.79. The Morgan fingerprint density at radius 1 is 1.12 bits per heavy atom. The van der Waals surface area contributed by atoms with Gasteiger partial charge in [0.05, 0.1) is 33.9 Å². The highest BCUT2D eigenvalue weighted by Crippen LogP contribution is 2.36. The standard InChI is InChI=1S/C27H27ClF3N9O2/c28-20-10-16(2-3-18(20)26(42)40-7-5-14(11-32)6-8-40)37-25(41)24-35-13-17(36-24)9-19-22(21-4-1-15(33)12-34-21)38-39-23(19)27(29,30)31/h1-4,10,12-14H,5-9,11,32-33H2,(H,35,36)(H,37,41)(H,38,39). The number of nitrogens with two attached hydrogens (primary N) is 2. The summed E-state index contributed by atoms with van der Waals surface area (Å²) in [7, 11) is 0. The predicted molar refractivity (Wildman–Crippen MR) is 150 cm³/mol. The van der Waals surface area contributed by atoms with E-state index in [1.54, 1.807) is 11.0 Å². The van der Waals surface area contributed by atoms with Crippen LogP contribution in [0.25, 0.3) is 11.4 Å². The number of nitrogen functional groups attached to an aromatic ring is 1. The van der Waals surface area contributed by atoms with Gasteiger partial charge >= 0.3 is 6.18 Å². The second-order valence-electron chi connectivity index (χ2n) is 9.95. The van der Waals surface area contributed by atoms with Gasteiger partial charge in [-0.25, -0.2) is 4.98 Å². The molecule has 1 fully saturated rings. The molecule has 1 aliphatic rings. The number of carbonyl (C=O) groups excluding carboxylic acids is 2. The molecule has 1 saturated heterocycles. The van der Waals surface area contributed by atoms with Crippen molar-refractivity contribution in [2.75, 3.05) is 30.7 Å². The molecule has 0 bridgehead atoms. The third-order valence-electron chi connectivity index (χ3n) is 7.08. The van der Waals surface area contributed by atoms with Crippen LogP contribution in [0, 0.1) is 5.92 Å². The monoisotopic (exact) mass is 601 g/mol. The Morgan fingerprint density at radius 3 is 2.52 bits per heavy atom. The van der Waals surface area contributed by atoms with E-state index in [2.05, 4.69) is 30.5 Å². The molecule has 220 valence electrons. The van der Waals surface area contributed by atoms with E-state index < -0.39 is 17.8 Å². The average molecular weight is 602 g/mol. The van der Waals surface area contributed by atoms with Crippen molar-refractivity contribution in [2.45, 2.75) is 25.4 Å². The molecule has 2 amide bonds. The number of alkyl halides is 3. The van der Waals surface area contributed by atoms with Crippen molar-refractivity contribution in [1.29, 1.82) is 0 Å². The zero-order valence-electron chi connectivity index (χ0n) is 22.1. The summed E-state index contributed by atoms with van der Waals surface area (Å²) in [5.41, 5.74) is 11.6. The number of pyridine rings is 1. The van der Waals surface area contributed by atoms with E-state index >= 15 is 0 Å². The maximum atomic E-state index is 13.7. The average Bonchev–Trinajstić information content (AvgIpc) is 3.61. The summed E-state index contributed by atoms with van der Waals surface area (Å²) < 4.78 is 41.1. The maximum Gasteiger partial charge on any atom is 0.435 e. The van der Waals surface area contributed by atoms with Crippen LogP contribution >= 0.6 is 11.6 Å². The van der Waals surface area contributed by atoms with Gasteiger partial charge < -0.3 is 26.7 Å². The molecular weight excluding hydrogens is 575 g/mol. The number of hydrogen-bond acceptors (Lipinski definition) is 7. The van der Waals surface area contributed by atoms with Gasteiger partial charge in [-0.3, -0.25) is 19.7 Å². The van der Waals surface area contributed by atoms with E-state index in [1.165, 1.54) is 36.7 Å². The molecule has 5 rings (SSSR count). The molecule has 42 heavy (non-hydrogen) atoms. The van der Waals surface area contributed by atoms with E-state index in [0.717, 1.165) is 12.8 Å². The lowest BCUT2D eigenvalue weighted by molar-refractivity contribution is -0.141. The number of likely N-dealkylation sites (tertiary alicyclic amines) is 1. The number of rotatable bonds is 7. The van der Waals surface area contributed by atoms with Gasteiger partial charge in [-0.2, -0.15) is 18.3 Å². The molecule has 0 spiro atoms. The molecule has 15 heteroatoms. The molecule has 4 heterocycles. The van der Waals surface area contributed by atoms with Crippen LogP contribution in [0.5, 0.6) is 0 Å². The second kappa shape index (κ2) is 11.8. The Labute approximate surface area is 242 Å². The van der Waals surface area contributed by atoms with Crippen LogP contribution in [-0.4, -0.2) is 61.5 Å². The molecule has 11 nitrogen and oxygen atoms in total. The van der Waals surface area contributed by atoms with Crippen molar-refractivity contribution in [1.82, 2.24) is 30.0 Å². The molecule has 0 aliphatic carbocycles. The quantitative estimate of drug-likeness (QED) is 0.212. The van der Waals surface area contributed by atoms with Crippen LogP contribution in [0.15, 0.2) is 42.7 Å². The summed E-state index contributed by atoms with van der Waals surface area (Å²) in [6.07, 6.45) is -0.742. The van der Waals surface area contributed by atoms with Crippen LogP contribution in [0.4, 0.5) is 24.5 Å². The number of H-pyrrole nitrogens is 2. The first kappa shape index (κ1) is 29.1. The number of carbonyl (C=O) groups is 2. The third-order valence-corrected chi connectivity index (χ3v) is 7.39. The molecule has 7 N–H and O–H groups in total. The summed E-state index contributed by atoms with van der Waals surface area (Å²) >= 11 is 6.38. The molecule has 0 atom stereocenters. The molecule has 3 aromatic heterocycles. The Hall–Kier alpha value is -4.43. The summed E-state index contributed by atoms with van der Waals surface area (Å²) in [5, 5.41) is 8.68. The van der Waals surface area contributed by atoms with Gasteiger partial charge in [-0.05, 0) is 55.6 Å².